The Balaban J connectivity index is -0.000000282. The number of rotatable bonds is 6. The van der Waals surface area contributed by atoms with Crippen molar-refractivity contribution in [3.8, 4) is 0 Å². The van der Waals surface area contributed by atoms with Crippen molar-refractivity contribution < 1.29 is 57.7 Å². The Morgan fingerprint density at radius 2 is 1.35 bits per heavy atom. The first kappa shape index (κ1) is 27.0. The van der Waals surface area contributed by atoms with E-state index in [-0.39, 0.29) is 37.2 Å². The monoisotopic (exact) mass is 336 g/mol. The number of hydrogen-bond acceptors (Lipinski definition) is 0. The Hall–Kier alpha value is 1.58. The van der Waals surface area contributed by atoms with Gasteiger partial charge in [0.1, 0.15) is 0 Å². The van der Waals surface area contributed by atoms with Crippen LogP contribution < -0.4 is 37.2 Å². The predicted octanol–water partition coefficient (Wildman–Crippen LogP) is -4.01. The Morgan fingerprint density at radius 1 is 0.941 bits per heavy atom. The minimum absolute atomic E-state index is 0. The molecule has 0 saturated carbocycles. The van der Waals surface area contributed by atoms with E-state index in [1.165, 1.54) is 25.7 Å². The minimum atomic E-state index is 0. The molecule has 0 amide bonds. The molecule has 0 aromatic carbocycles. The molecule has 4 heteroatoms. The molecule has 0 radical (unpaired) electrons. The summed E-state index contributed by atoms with van der Waals surface area (Å²) in [5.41, 5.74) is 0.445. The van der Waals surface area contributed by atoms with E-state index in [4.69, 9.17) is 0 Å². The molecule has 0 bridgehead atoms. The summed E-state index contributed by atoms with van der Waals surface area (Å²) in [6.45, 7) is 14.3. The van der Waals surface area contributed by atoms with Gasteiger partial charge in [-0.25, -0.2) is 0 Å². The fourth-order valence-electron chi connectivity index (χ4n) is 1.68. The maximum atomic E-state index is 2.42. The minimum Gasteiger partial charge on any atom is -1.00 e. The van der Waals surface area contributed by atoms with Crippen molar-refractivity contribution in [3.05, 3.63) is 0 Å². The van der Waals surface area contributed by atoms with E-state index in [2.05, 4.69) is 62.0 Å². The molecule has 0 aromatic rings. The van der Waals surface area contributed by atoms with Crippen molar-refractivity contribution in [1.82, 2.24) is 0 Å². The van der Waals surface area contributed by atoms with Gasteiger partial charge in [-0.15, -0.1) is 0 Å². The largest absolute Gasteiger partial charge is 1.00 e. The van der Waals surface area contributed by atoms with Crippen molar-refractivity contribution in [2.45, 2.75) is 70.9 Å². The Bertz CT molecular complexity index is 165. The van der Waals surface area contributed by atoms with Gasteiger partial charge in [0, 0.05) is 0 Å². The van der Waals surface area contributed by atoms with Gasteiger partial charge in [0.25, 0.3) is 0 Å². The van der Waals surface area contributed by atoms with E-state index in [0.717, 1.165) is 5.92 Å². The van der Waals surface area contributed by atoms with Crippen molar-refractivity contribution in [2.75, 3.05) is 0 Å². The maximum absolute atomic E-state index is 2.42. The van der Waals surface area contributed by atoms with Crippen LogP contribution in [0.4, 0.5) is 0 Å². The van der Waals surface area contributed by atoms with E-state index in [9.17, 15) is 0 Å². The van der Waals surface area contributed by atoms with Gasteiger partial charge in [-0.05, 0) is 0 Å². The summed E-state index contributed by atoms with van der Waals surface area (Å²) in [7, 11) is 0. The average molecular weight is 338 g/mol. The second-order valence-corrected chi connectivity index (χ2v) is 7.70. The number of halogens is 3. The standard InChI is InChI=1S/C13H27.3ClH.Ti/c1-7-8-9-10-12(4)13(5,6)11(2)3;;;;/h12H,7-10H2,1-6H3;3*1H;/q;;;;+3/p-3. The van der Waals surface area contributed by atoms with Crippen LogP contribution in [0.1, 0.15) is 67.2 Å². The summed E-state index contributed by atoms with van der Waals surface area (Å²) in [5.74, 6) is 0.828. The van der Waals surface area contributed by atoms with Gasteiger partial charge in [0.05, 0.1) is 0 Å². The molecule has 0 aliphatic heterocycles. The second-order valence-electron chi connectivity index (χ2n) is 5.74. The zero-order valence-electron chi connectivity index (χ0n) is 12.0. The molecule has 0 aromatic heterocycles. The number of hydrogen-bond donors (Lipinski definition) is 0. The molecule has 104 valence electrons. The number of unbranched alkanes of at least 4 members (excludes halogenated alkanes) is 2. The fraction of sp³-hybridized carbons (Fsp3) is 1.00. The zero-order chi connectivity index (χ0) is 11.4. The average Bonchev–Trinajstić information content (AvgIpc) is 2.02. The molecule has 0 fully saturated rings. The summed E-state index contributed by atoms with van der Waals surface area (Å²) >= 11 is 2.36. The third kappa shape index (κ3) is 9.17. The molecule has 0 N–H and O–H groups in total. The third-order valence-corrected chi connectivity index (χ3v) is 5.09. The maximum Gasteiger partial charge on any atom is -1.00 e. The Labute approximate surface area is 139 Å². The molecule has 1 atom stereocenters. The molecule has 0 spiro atoms. The fourth-order valence-corrected chi connectivity index (χ4v) is 2.06. The smallest absolute Gasteiger partial charge is 1.00 e. The molecular weight excluding hydrogens is 310 g/mol. The van der Waals surface area contributed by atoms with Crippen molar-refractivity contribution in [1.29, 1.82) is 0 Å². The quantitative estimate of drug-likeness (QED) is 0.342. The molecule has 0 aliphatic rings. The first-order valence-electron chi connectivity index (χ1n) is 5.98. The van der Waals surface area contributed by atoms with Crippen LogP contribution in [-0.2, 0) is 20.4 Å². The van der Waals surface area contributed by atoms with Crippen molar-refractivity contribution >= 4 is 0 Å². The van der Waals surface area contributed by atoms with Crippen LogP contribution in [0.3, 0.4) is 0 Å². The van der Waals surface area contributed by atoms with Crippen LogP contribution >= 0.6 is 0 Å². The molecule has 0 aliphatic carbocycles. The van der Waals surface area contributed by atoms with Crippen LogP contribution in [0.2, 0.25) is 3.72 Å². The summed E-state index contributed by atoms with van der Waals surface area (Å²) < 4.78 is 0.415. The van der Waals surface area contributed by atoms with Gasteiger partial charge in [-0.2, -0.15) is 0 Å². The summed E-state index contributed by atoms with van der Waals surface area (Å²) in [4.78, 5) is 0. The first-order chi connectivity index (χ1) is 6.23. The van der Waals surface area contributed by atoms with Crippen LogP contribution in [-0.4, -0.2) is 0 Å². The van der Waals surface area contributed by atoms with Crippen LogP contribution in [0, 0.1) is 11.3 Å². The summed E-state index contributed by atoms with van der Waals surface area (Å²) in [6.07, 6.45) is 5.52. The van der Waals surface area contributed by atoms with Gasteiger partial charge in [-0.3, -0.25) is 0 Å². The van der Waals surface area contributed by atoms with E-state index >= 15 is 0 Å². The van der Waals surface area contributed by atoms with Crippen molar-refractivity contribution in [3.63, 3.8) is 0 Å². The van der Waals surface area contributed by atoms with Crippen LogP contribution in [0.15, 0.2) is 0 Å². The van der Waals surface area contributed by atoms with E-state index in [0.29, 0.717) is 9.13 Å². The predicted molar refractivity (Wildman–Crippen MR) is 61.1 cm³/mol. The van der Waals surface area contributed by atoms with E-state index in [1.807, 2.05) is 0 Å². The molecular formula is C13H27Cl3Ti. The Morgan fingerprint density at radius 3 is 1.65 bits per heavy atom. The van der Waals surface area contributed by atoms with Gasteiger partial charge < -0.3 is 37.2 Å². The van der Waals surface area contributed by atoms with Crippen LogP contribution in [0.25, 0.3) is 0 Å². The molecule has 0 heterocycles. The third-order valence-electron chi connectivity index (χ3n) is 4.08. The van der Waals surface area contributed by atoms with Gasteiger partial charge in [0.2, 0.25) is 0 Å². The van der Waals surface area contributed by atoms with Crippen LogP contribution in [0.5, 0.6) is 0 Å². The zero-order valence-corrected chi connectivity index (χ0v) is 15.9. The summed E-state index contributed by atoms with van der Waals surface area (Å²) in [5, 5.41) is 0. The molecule has 1 unspecified atom stereocenters. The summed E-state index contributed by atoms with van der Waals surface area (Å²) in [6, 6.07) is 0. The molecule has 17 heavy (non-hydrogen) atoms. The topological polar surface area (TPSA) is 0 Å². The molecule has 0 rings (SSSR count). The van der Waals surface area contributed by atoms with Gasteiger partial charge >= 0.3 is 103 Å². The SMILES string of the molecule is CCCCCC(C)C(C)(C)[C](C)(C)[Ti+3].[Cl-].[Cl-].[Cl-]. The van der Waals surface area contributed by atoms with Gasteiger partial charge in [0.15, 0.2) is 0 Å². The first-order valence-corrected chi connectivity index (χ1v) is 6.76. The van der Waals surface area contributed by atoms with E-state index in [1.54, 1.807) is 0 Å². The molecule has 0 saturated heterocycles. The second kappa shape index (κ2) is 11.4. The molecule has 0 nitrogen and oxygen atoms in total. The Kier molecular flexibility index (Phi) is 18.1. The van der Waals surface area contributed by atoms with E-state index < -0.39 is 0 Å². The van der Waals surface area contributed by atoms with Gasteiger partial charge in [-0.1, -0.05) is 0 Å². The normalized spacial score (nSPS) is 12.9. The van der Waals surface area contributed by atoms with Crippen molar-refractivity contribution in [2.24, 2.45) is 11.3 Å².